The maximum Gasteiger partial charge on any atom is 0.184 e. The van der Waals surface area contributed by atoms with E-state index in [-0.39, 0.29) is 11.6 Å². The standard InChI is InChI=1S/C15H17F2N/c1-3-10-4-6-11(7-5-10)12-8-9-13(18-2)15(17)14(12)16/h3,8-11H,1-2,4-7H2. The van der Waals surface area contributed by atoms with Gasteiger partial charge in [-0.05, 0) is 55.9 Å². The topological polar surface area (TPSA) is 12.4 Å². The second kappa shape index (κ2) is 5.42. The van der Waals surface area contributed by atoms with Crippen LogP contribution in [0.1, 0.15) is 37.2 Å². The molecule has 1 aliphatic rings. The fourth-order valence-corrected chi connectivity index (χ4v) is 2.66. The summed E-state index contributed by atoms with van der Waals surface area (Å²) in [5, 5.41) is 0. The van der Waals surface area contributed by atoms with Crippen molar-refractivity contribution >= 4 is 12.4 Å². The fraction of sp³-hybridized carbons (Fsp3) is 0.400. The number of aliphatic imine (C=N–C) groups is 1. The van der Waals surface area contributed by atoms with Crippen LogP contribution < -0.4 is 0 Å². The van der Waals surface area contributed by atoms with Gasteiger partial charge in [-0.15, -0.1) is 6.58 Å². The summed E-state index contributed by atoms with van der Waals surface area (Å²) in [4.78, 5) is 3.46. The zero-order valence-electron chi connectivity index (χ0n) is 10.3. The third kappa shape index (κ3) is 2.35. The molecular formula is C15H17F2N. The van der Waals surface area contributed by atoms with Gasteiger partial charge in [0.05, 0.1) is 0 Å². The predicted molar refractivity (Wildman–Crippen MR) is 70.5 cm³/mol. The summed E-state index contributed by atoms with van der Waals surface area (Å²) in [6.07, 6.45) is 5.72. The molecule has 96 valence electrons. The third-order valence-electron chi connectivity index (χ3n) is 3.81. The lowest BCUT2D eigenvalue weighted by Crippen LogP contribution is -2.13. The summed E-state index contributed by atoms with van der Waals surface area (Å²) in [6.45, 7) is 7.01. The van der Waals surface area contributed by atoms with Crippen LogP contribution in [0.5, 0.6) is 0 Å². The number of nitrogens with zero attached hydrogens (tertiary/aromatic N) is 1. The van der Waals surface area contributed by atoms with Crippen LogP contribution >= 0.6 is 0 Å². The zero-order chi connectivity index (χ0) is 13.1. The van der Waals surface area contributed by atoms with Gasteiger partial charge in [0.1, 0.15) is 5.69 Å². The summed E-state index contributed by atoms with van der Waals surface area (Å²) >= 11 is 0. The van der Waals surface area contributed by atoms with Crippen LogP contribution in [-0.4, -0.2) is 6.72 Å². The van der Waals surface area contributed by atoms with Gasteiger partial charge in [0, 0.05) is 0 Å². The maximum atomic E-state index is 13.9. The SMILES string of the molecule is C=CC1CCC(c2ccc(N=C)c(F)c2F)CC1. The molecule has 0 N–H and O–H groups in total. The van der Waals surface area contributed by atoms with Crippen LogP contribution in [0.25, 0.3) is 0 Å². The molecule has 1 aliphatic carbocycles. The van der Waals surface area contributed by atoms with E-state index in [1.165, 1.54) is 6.07 Å². The first-order valence-electron chi connectivity index (χ1n) is 6.24. The zero-order valence-corrected chi connectivity index (χ0v) is 10.3. The molecule has 0 aliphatic heterocycles. The van der Waals surface area contributed by atoms with Crippen molar-refractivity contribution in [2.45, 2.75) is 31.6 Å². The minimum atomic E-state index is -0.881. The van der Waals surface area contributed by atoms with Crippen LogP contribution in [0.2, 0.25) is 0 Å². The van der Waals surface area contributed by atoms with E-state index in [9.17, 15) is 8.78 Å². The molecule has 0 aromatic heterocycles. The molecule has 3 heteroatoms. The lowest BCUT2D eigenvalue weighted by molar-refractivity contribution is 0.364. The van der Waals surface area contributed by atoms with E-state index in [0.29, 0.717) is 11.5 Å². The molecule has 0 radical (unpaired) electrons. The highest BCUT2D eigenvalue weighted by Gasteiger charge is 2.25. The van der Waals surface area contributed by atoms with Crippen LogP contribution in [0, 0.1) is 17.6 Å². The highest BCUT2D eigenvalue weighted by atomic mass is 19.2. The van der Waals surface area contributed by atoms with Gasteiger partial charge in [0.15, 0.2) is 11.6 Å². The molecule has 2 rings (SSSR count). The first-order chi connectivity index (χ1) is 8.67. The Morgan fingerprint density at radius 2 is 1.78 bits per heavy atom. The summed E-state index contributed by atoms with van der Waals surface area (Å²) in [5.74, 6) is -1.02. The Bertz CT molecular complexity index is 460. The first-order valence-corrected chi connectivity index (χ1v) is 6.24. The highest BCUT2D eigenvalue weighted by Crippen LogP contribution is 2.38. The molecule has 0 saturated heterocycles. The Labute approximate surface area is 106 Å². The number of rotatable bonds is 3. The number of halogens is 2. The van der Waals surface area contributed by atoms with Gasteiger partial charge >= 0.3 is 0 Å². The van der Waals surface area contributed by atoms with Crippen molar-refractivity contribution < 1.29 is 8.78 Å². The molecule has 0 unspecified atom stereocenters. The number of hydrogen-bond donors (Lipinski definition) is 0. The molecule has 18 heavy (non-hydrogen) atoms. The van der Waals surface area contributed by atoms with Crippen molar-refractivity contribution in [3.8, 4) is 0 Å². The fourth-order valence-electron chi connectivity index (χ4n) is 2.66. The largest absolute Gasteiger partial charge is 0.261 e. The van der Waals surface area contributed by atoms with Crippen molar-refractivity contribution in [1.82, 2.24) is 0 Å². The predicted octanol–water partition coefficient (Wildman–Crippen LogP) is 4.76. The average Bonchev–Trinajstić information content (AvgIpc) is 2.42. The van der Waals surface area contributed by atoms with E-state index < -0.39 is 11.6 Å². The van der Waals surface area contributed by atoms with Gasteiger partial charge in [0.2, 0.25) is 0 Å². The molecule has 1 nitrogen and oxygen atoms in total. The minimum Gasteiger partial charge on any atom is -0.261 e. The minimum absolute atomic E-state index is 0.0176. The Morgan fingerprint density at radius 1 is 1.11 bits per heavy atom. The van der Waals surface area contributed by atoms with E-state index in [1.54, 1.807) is 6.07 Å². The average molecular weight is 249 g/mol. The highest BCUT2D eigenvalue weighted by molar-refractivity contribution is 5.48. The number of hydrogen-bond acceptors (Lipinski definition) is 1. The molecule has 0 heterocycles. The normalized spacial score (nSPS) is 23.7. The van der Waals surface area contributed by atoms with Crippen LogP contribution in [0.15, 0.2) is 29.8 Å². The molecule has 0 bridgehead atoms. The Hall–Kier alpha value is -1.51. The summed E-state index contributed by atoms with van der Waals surface area (Å²) in [6, 6.07) is 3.14. The molecule has 0 atom stereocenters. The van der Waals surface area contributed by atoms with Gasteiger partial charge in [0.25, 0.3) is 0 Å². The second-order valence-electron chi connectivity index (χ2n) is 4.81. The third-order valence-corrected chi connectivity index (χ3v) is 3.81. The van der Waals surface area contributed by atoms with Gasteiger partial charge in [-0.1, -0.05) is 12.1 Å². The number of benzene rings is 1. The van der Waals surface area contributed by atoms with E-state index in [0.717, 1.165) is 25.7 Å². The van der Waals surface area contributed by atoms with Crippen molar-refractivity contribution in [1.29, 1.82) is 0 Å². The van der Waals surface area contributed by atoms with Gasteiger partial charge in [-0.3, -0.25) is 4.99 Å². The Morgan fingerprint density at radius 3 is 2.33 bits per heavy atom. The summed E-state index contributed by atoms with van der Waals surface area (Å²) in [7, 11) is 0. The van der Waals surface area contributed by atoms with E-state index in [2.05, 4.69) is 18.3 Å². The summed E-state index contributed by atoms with van der Waals surface area (Å²) in [5.41, 5.74) is 0.457. The lowest BCUT2D eigenvalue weighted by atomic mass is 9.78. The van der Waals surface area contributed by atoms with Crippen LogP contribution in [0.3, 0.4) is 0 Å². The summed E-state index contributed by atoms with van der Waals surface area (Å²) < 4.78 is 27.6. The molecule has 0 spiro atoms. The van der Waals surface area contributed by atoms with Crippen molar-refractivity contribution in [3.05, 3.63) is 42.0 Å². The maximum absolute atomic E-state index is 13.9. The van der Waals surface area contributed by atoms with Crippen LogP contribution in [0.4, 0.5) is 14.5 Å². The smallest absolute Gasteiger partial charge is 0.184 e. The van der Waals surface area contributed by atoms with Gasteiger partial charge in [-0.2, -0.15) is 0 Å². The van der Waals surface area contributed by atoms with E-state index >= 15 is 0 Å². The molecule has 1 aromatic carbocycles. The van der Waals surface area contributed by atoms with Gasteiger partial charge in [-0.25, -0.2) is 8.78 Å². The Kier molecular flexibility index (Phi) is 3.90. The van der Waals surface area contributed by atoms with Crippen molar-refractivity contribution in [3.63, 3.8) is 0 Å². The first kappa shape index (κ1) is 12.9. The quantitative estimate of drug-likeness (QED) is 0.541. The van der Waals surface area contributed by atoms with E-state index in [4.69, 9.17) is 0 Å². The lowest BCUT2D eigenvalue weighted by Gasteiger charge is -2.27. The monoisotopic (exact) mass is 249 g/mol. The molecule has 1 saturated carbocycles. The molecule has 0 amide bonds. The van der Waals surface area contributed by atoms with Crippen molar-refractivity contribution in [2.24, 2.45) is 10.9 Å². The van der Waals surface area contributed by atoms with Gasteiger partial charge < -0.3 is 0 Å². The molecule has 1 aromatic rings. The molecule has 1 fully saturated rings. The van der Waals surface area contributed by atoms with E-state index in [1.807, 2.05) is 6.08 Å². The second-order valence-corrected chi connectivity index (χ2v) is 4.81. The van der Waals surface area contributed by atoms with Crippen LogP contribution in [-0.2, 0) is 0 Å². The Balaban J connectivity index is 2.22. The van der Waals surface area contributed by atoms with Crippen molar-refractivity contribution in [2.75, 3.05) is 0 Å². The molecular weight excluding hydrogens is 232 g/mol. The number of allylic oxidation sites excluding steroid dienone is 1.